The van der Waals surface area contributed by atoms with Crippen LogP contribution < -0.4 is 16.4 Å². The largest absolute Gasteiger partial charge is 0.396 e. The van der Waals surface area contributed by atoms with Crippen molar-refractivity contribution in [3.8, 4) is 0 Å². The lowest BCUT2D eigenvalue weighted by molar-refractivity contribution is -0.132. The zero-order chi connectivity index (χ0) is 17.3. The SMILES string of the molecule is CC(=O)CSC[C@H](NC(=O)[C@@H](C)CO)C(=O)N[C@@H](C)C(N)=O. The van der Waals surface area contributed by atoms with E-state index in [-0.39, 0.29) is 23.9 Å². The monoisotopic (exact) mass is 333 g/mol. The first-order valence-corrected chi connectivity index (χ1v) is 7.92. The third kappa shape index (κ3) is 7.99. The number of Topliss-reactive ketones (excluding diaryl/α,β-unsaturated/α-hetero) is 1. The number of aliphatic hydroxyl groups excluding tert-OH is 1. The Morgan fingerprint density at radius 1 is 1.14 bits per heavy atom. The Balaban J connectivity index is 4.75. The highest BCUT2D eigenvalue weighted by atomic mass is 32.2. The molecule has 0 aromatic heterocycles. The van der Waals surface area contributed by atoms with Crippen LogP contribution >= 0.6 is 11.8 Å². The Morgan fingerprint density at radius 3 is 2.18 bits per heavy atom. The summed E-state index contributed by atoms with van der Waals surface area (Å²) in [4.78, 5) is 45.8. The Labute approximate surface area is 133 Å². The van der Waals surface area contributed by atoms with E-state index in [0.29, 0.717) is 0 Å². The number of aliphatic hydroxyl groups is 1. The van der Waals surface area contributed by atoms with Gasteiger partial charge < -0.3 is 21.5 Å². The Hall–Kier alpha value is -1.61. The van der Waals surface area contributed by atoms with Crippen molar-refractivity contribution in [1.29, 1.82) is 0 Å². The van der Waals surface area contributed by atoms with Crippen molar-refractivity contribution in [2.24, 2.45) is 11.7 Å². The van der Waals surface area contributed by atoms with Crippen LogP contribution in [0.1, 0.15) is 20.8 Å². The molecule has 0 saturated carbocycles. The van der Waals surface area contributed by atoms with Gasteiger partial charge in [0.2, 0.25) is 17.7 Å². The number of nitrogens with one attached hydrogen (secondary N) is 2. The number of rotatable bonds is 10. The summed E-state index contributed by atoms with van der Waals surface area (Å²) in [5.74, 6) is -2.09. The summed E-state index contributed by atoms with van der Waals surface area (Å²) in [6.45, 7) is 4.01. The number of hydrogen-bond acceptors (Lipinski definition) is 6. The predicted octanol–water partition coefficient (Wildman–Crippen LogP) is -1.59. The molecule has 0 fully saturated rings. The Morgan fingerprint density at radius 2 is 1.73 bits per heavy atom. The molecule has 0 radical (unpaired) electrons. The number of ketones is 1. The maximum absolute atomic E-state index is 12.1. The first kappa shape index (κ1) is 20.4. The molecule has 0 rings (SSSR count). The van der Waals surface area contributed by atoms with Crippen LogP contribution in [0.25, 0.3) is 0 Å². The molecule has 0 aliphatic carbocycles. The lowest BCUT2D eigenvalue weighted by atomic mass is 10.1. The zero-order valence-corrected chi connectivity index (χ0v) is 13.7. The van der Waals surface area contributed by atoms with Gasteiger partial charge in [-0.25, -0.2) is 0 Å². The van der Waals surface area contributed by atoms with Crippen molar-refractivity contribution >= 4 is 35.3 Å². The van der Waals surface area contributed by atoms with Crippen LogP contribution in [0.15, 0.2) is 0 Å². The van der Waals surface area contributed by atoms with Crippen LogP contribution in [0.3, 0.4) is 0 Å². The normalized spacial score (nSPS) is 14.5. The molecule has 0 aromatic rings. The van der Waals surface area contributed by atoms with E-state index in [1.54, 1.807) is 0 Å². The molecule has 0 aliphatic rings. The maximum atomic E-state index is 12.1. The molecular formula is C13H23N3O5S. The van der Waals surface area contributed by atoms with Gasteiger partial charge in [0.25, 0.3) is 0 Å². The van der Waals surface area contributed by atoms with Crippen molar-refractivity contribution in [3.05, 3.63) is 0 Å². The second-order valence-electron chi connectivity index (χ2n) is 4.99. The minimum absolute atomic E-state index is 0.0512. The summed E-state index contributed by atoms with van der Waals surface area (Å²) in [6.07, 6.45) is 0. The van der Waals surface area contributed by atoms with Crippen molar-refractivity contribution in [1.82, 2.24) is 10.6 Å². The molecule has 8 nitrogen and oxygen atoms in total. The number of amides is 3. The van der Waals surface area contributed by atoms with E-state index in [4.69, 9.17) is 10.8 Å². The lowest BCUT2D eigenvalue weighted by Gasteiger charge is -2.21. The average Bonchev–Trinajstić information content (AvgIpc) is 2.44. The van der Waals surface area contributed by atoms with Crippen molar-refractivity contribution in [2.45, 2.75) is 32.9 Å². The van der Waals surface area contributed by atoms with Crippen LogP contribution in [-0.4, -0.2) is 58.8 Å². The molecule has 3 atom stereocenters. The molecule has 0 saturated heterocycles. The smallest absolute Gasteiger partial charge is 0.244 e. The van der Waals surface area contributed by atoms with E-state index < -0.39 is 35.7 Å². The highest BCUT2D eigenvalue weighted by Crippen LogP contribution is 2.05. The van der Waals surface area contributed by atoms with Gasteiger partial charge in [0.05, 0.1) is 18.3 Å². The topological polar surface area (TPSA) is 139 Å². The number of primary amides is 1. The lowest BCUT2D eigenvalue weighted by Crippen LogP contribution is -2.54. The molecule has 9 heteroatoms. The highest BCUT2D eigenvalue weighted by molar-refractivity contribution is 8.00. The van der Waals surface area contributed by atoms with E-state index in [2.05, 4.69) is 10.6 Å². The molecule has 0 heterocycles. The maximum Gasteiger partial charge on any atom is 0.244 e. The number of carbonyl (C=O) groups is 4. The standard InChI is InChI=1S/C13H23N3O5S/c1-7(4-17)12(20)16-10(6-22-5-8(2)18)13(21)15-9(3)11(14)19/h7,9-10,17H,4-6H2,1-3H3,(H2,14,19)(H,15,21)(H,16,20)/t7-,9-,10-/m0/s1. The van der Waals surface area contributed by atoms with Crippen molar-refractivity contribution in [3.63, 3.8) is 0 Å². The van der Waals surface area contributed by atoms with Gasteiger partial charge in [0, 0.05) is 5.75 Å². The van der Waals surface area contributed by atoms with E-state index in [1.807, 2.05) is 0 Å². The predicted molar refractivity (Wildman–Crippen MR) is 83.0 cm³/mol. The van der Waals surface area contributed by atoms with E-state index >= 15 is 0 Å². The van der Waals surface area contributed by atoms with Crippen LogP contribution in [0.5, 0.6) is 0 Å². The number of hydrogen-bond donors (Lipinski definition) is 4. The summed E-state index contributed by atoms with van der Waals surface area (Å²) in [7, 11) is 0. The van der Waals surface area contributed by atoms with Gasteiger partial charge in [-0.05, 0) is 13.8 Å². The fourth-order valence-corrected chi connectivity index (χ4v) is 2.16. The molecule has 3 amide bonds. The summed E-state index contributed by atoms with van der Waals surface area (Å²) < 4.78 is 0. The molecule has 0 unspecified atom stereocenters. The molecule has 0 spiro atoms. The first-order chi connectivity index (χ1) is 10.2. The highest BCUT2D eigenvalue weighted by Gasteiger charge is 2.25. The quantitative estimate of drug-likeness (QED) is 0.380. The second kappa shape index (κ2) is 10.2. The minimum Gasteiger partial charge on any atom is -0.396 e. The van der Waals surface area contributed by atoms with E-state index in [0.717, 1.165) is 0 Å². The molecule has 0 bridgehead atoms. The number of thioether (sulfide) groups is 1. The number of carbonyl (C=O) groups excluding carboxylic acids is 4. The minimum atomic E-state index is -0.923. The zero-order valence-electron chi connectivity index (χ0n) is 12.9. The van der Waals surface area contributed by atoms with Crippen LogP contribution in [0.4, 0.5) is 0 Å². The second-order valence-corrected chi connectivity index (χ2v) is 6.02. The van der Waals surface area contributed by atoms with Crippen molar-refractivity contribution < 1.29 is 24.3 Å². The Kier molecular flexibility index (Phi) is 9.43. The van der Waals surface area contributed by atoms with Crippen molar-refractivity contribution in [2.75, 3.05) is 18.1 Å². The molecule has 5 N–H and O–H groups in total. The van der Waals surface area contributed by atoms with Gasteiger partial charge in [-0.15, -0.1) is 0 Å². The molecule has 0 aromatic carbocycles. The van der Waals surface area contributed by atoms with Crippen LogP contribution in [0, 0.1) is 5.92 Å². The molecule has 0 aliphatic heterocycles. The fourth-order valence-electron chi connectivity index (χ4n) is 1.29. The van der Waals surface area contributed by atoms with Crippen LogP contribution in [0.2, 0.25) is 0 Å². The van der Waals surface area contributed by atoms with E-state index in [1.165, 1.54) is 32.5 Å². The Bertz CT molecular complexity index is 430. The van der Waals surface area contributed by atoms with E-state index in [9.17, 15) is 19.2 Å². The molecule has 126 valence electrons. The summed E-state index contributed by atoms with van der Waals surface area (Å²) in [5.41, 5.74) is 5.07. The first-order valence-electron chi connectivity index (χ1n) is 6.77. The number of nitrogens with two attached hydrogens (primary N) is 1. The van der Waals surface area contributed by atoms with Gasteiger partial charge in [0.1, 0.15) is 17.9 Å². The van der Waals surface area contributed by atoms with Gasteiger partial charge in [-0.3, -0.25) is 19.2 Å². The molecule has 22 heavy (non-hydrogen) atoms. The third-order valence-corrected chi connectivity index (χ3v) is 3.91. The summed E-state index contributed by atoms with van der Waals surface area (Å²) in [5, 5.41) is 13.8. The molecular weight excluding hydrogens is 310 g/mol. The van der Waals surface area contributed by atoms with Gasteiger partial charge in [-0.1, -0.05) is 6.92 Å². The van der Waals surface area contributed by atoms with Gasteiger partial charge in [0.15, 0.2) is 0 Å². The fraction of sp³-hybridized carbons (Fsp3) is 0.692. The van der Waals surface area contributed by atoms with Crippen LogP contribution in [-0.2, 0) is 19.2 Å². The average molecular weight is 333 g/mol. The summed E-state index contributed by atoms with van der Waals surface area (Å²) in [6, 6.07) is -1.80. The third-order valence-electron chi connectivity index (χ3n) is 2.73. The summed E-state index contributed by atoms with van der Waals surface area (Å²) >= 11 is 1.19. The van der Waals surface area contributed by atoms with Gasteiger partial charge in [-0.2, -0.15) is 11.8 Å². The van der Waals surface area contributed by atoms with Gasteiger partial charge >= 0.3 is 0 Å².